The lowest BCUT2D eigenvalue weighted by Gasteiger charge is -2.26. The van der Waals surface area contributed by atoms with Crippen molar-refractivity contribution in [2.45, 2.75) is 57.9 Å². The summed E-state index contributed by atoms with van der Waals surface area (Å²) < 4.78 is 5.96. The molecule has 21 heavy (non-hydrogen) atoms. The Morgan fingerprint density at radius 1 is 1.29 bits per heavy atom. The summed E-state index contributed by atoms with van der Waals surface area (Å²) in [6.07, 6.45) is 4.13. The van der Waals surface area contributed by atoms with Gasteiger partial charge in [-0.25, -0.2) is 0 Å². The van der Waals surface area contributed by atoms with E-state index >= 15 is 0 Å². The molecule has 0 aliphatic rings. The molecule has 0 heterocycles. The van der Waals surface area contributed by atoms with Crippen LogP contribution in [-0.2, 0) is 0 Å². The van der Waals surface area contributed by atoms with E-state index in [0.29, 0.717) is 5.92 Å². The highest BCUT2D eigenvalue weighted by atomic mass is 16.5. The van der Waals surface area contributed by atoms with E-state index in [2.05, 4.69) is 37.4 Å². The van der Waals surface area contributed by atoms with Crippen LogP contribution in [0.4, 0.5) is 0 Å². The van der Waals surface area contributed by atoms with Gasteiger partial charge in [0.2, 0.25) is 0 Å². The Labute approximate surface area is 129 Å². The van der Waals surface area contributed by atoms with Gasteiger partial charge in [0, 0.05) is 5.54 Å². The highest BCUT2D eigenvalue weighted by molar-refractivity contribution is 5.35. The Hall–Kier alpha value is -1.06. The molecule has 0 fully saturated rings. The van der Waals surface area contributed by atoms with Gasteiger partial charge < -0.3 is 15.2 Å². The summed E-state index contributed by atoms with van der Waals surface area (Å²) >= 11 is 0. The Bertz CT molecular complexity index is 402. The van der Waals surface area contributed by atoms with E-state index in [1.807, 2.05) is 20.0 Å². The first kappa shape index (κ1) is 18.0. The van der Waals surface area contributed by atoms with E-state index in [0.717, 1.165) is 38.0 Å². The molecule has 1 aromatic rings. The number of para-hydroxylation sites is 1. The predicted molar refractivity (Wildman–Crippen MR) is 89.0 cm³/mol. The van der Waals surface area contributed by atoms with E-state index < -0.39 is 0 Å². The van der Waals surface area contributed by atoms with Gasteiger partial charge in [-0.3, -0.25) is 0 Å². The molecular weight excluding hydrogens is 262 g/mol. The number of ether oxygens (including phenoxy) is 1. The molecule has 0 amide bonds. The highest BCUT2D eigenvalue weighted by Crippen LogP contribution is 2.28. The third-order valence-electron chi connectivity index (χ3n) is 4.40. The molecule has 0 aromatic heterocycles. The molecule has 0 saturated carbocycles. The fourth-order valence-electron chi connectivity index (χ4n) is 2.32. The SMILES string of the molecule is CCC(C)c1ccccc1OCCCCC(C)(CO)NC. The number of nitrogens with one attached hydrogen (secondary N) is 1. The maximum absolute atomic E-state index is 9.35. The van der Waals surface area contributed by atoms with Gasteiger partial charge in [-0.15, -0.1) is 0 Å². The number of rotatable bonds is 10. The average molecular weight is 293 g/mol. The Morgan fingerprint density at radius 3 is 2.62 bits per heavy atom. The van der Waals surface area contributed by atoms with Crippen molar-refractivity contribution in [2.24, 2.45) is 0 Å². The second kappa shape index (κ2) is 9.06. The van der Waals surface area contributed by atoms with E-state index in [1.165, 1.54) is 5.56 Å². The topological polar surface area (TPSA) is 41.5 Å². The molecule has 0 radical (unpaired) electrons. The molecule has 1 rings (SSSR count). The summed E-state index contributed by atoms with van der Waals surface area (Å²) in [6, 6.07) is 8.33. The minimum Gasteiger partial charge on any atom is -0.493 e. The number of hydrogen-bond acceptors (Lipinski definition) is 3. The molecule has 0 aliphatic carbocycles. The zero-order valence-corrected chi connectivity index (χ0v) is 14.0. The van der Waals surface area contributed by atoms with Crippen LogP contribution >= 0.6 is 0 Å². The van der Waals surface area contributed by atoms with Crippen LogP contribution in [0.1, 0.15) is 57.9 Å². The maximum atomic E-state index is 9.35. The third-order valence-corrected chi connectivity index (χ3v) is 4.40. The summed E-state index contributed by atoms with van der Waals surface area (Å²) in [7, 11) is 1.90. The standard InChI is InChI=1S/C18H31NO2/c1-5-15(2)16-10-6-7-11-17(16)21-13-9-8-12-18(3,14-20)19-4/h6-7,10-11,15,19-20H,5,8-9,12-14H2,1-4H3. The van der Waals surface area contributed by atoms with Crippen molar-refractivity contribution in [3.8, 4) is 5.75 Å². The zero-order chi connectivity index (χ0) is 15.7. The molecule has 0 saturated heterocycles. The number of hydrogen-bond donors (Lipinski definition) is 2. The lowest BCUT2D eigenvalue weighted by Crippen LogP contribution is -2.43. The fraction of sp³-hybridized carbons (Fsp3) is 0.667. The monoisotopic (exact) mass is 293 g/mol. The Kier molecular flexibility index (Phi) is 7.76. The molecule has 120 valence electrons. The third kappa shape index (κ3) is 5.68. The van der Waals surface area contributed by atoms with Crippen molar-refractivity contribution in [3.05, 3.63) is 29.8 Å². The van der Waals surface area contributed by atoms with Crippen LogP contribution in [0.25, 0.3) is 0 Å². The molecule has 2 unspecified atom stereocenters. The van der Waals surface area contributed by atoms with Crippen molar-refractivity contribution < 1.29 is 9.84 Å². The van der Waals surface area contributed by atoms with Gasteiger partial charge in [-0.1, -0.05) is 32.0 Å². The van der Waals surface area contributed by atoms with Crippen molar-refractivity contribution in [3.63, 3.8) is 0 Å². The van der Waals surface area contributed by atoms with Crippen LogP contribution < -0.4 is 10.1 Å². The molecule has 0 bridgehead atoms. The van der Waals surface area contributed by atoms with Gasteiger partial charge in [0.15, 0.2) is 0 Å². The lowest BCUT2D eigenvalue weighted by molar-refractivity contribution is 0.168. The van der Waals surface area contributed by atoms with Gasteiger partial charge in [-0.2, -0.15) is 0 Å². The molecular formula is C18H31NO2. The van der Waals surface area contributed by atoms with Crippen molar-refractivity contribution in [1.82, 2.24) is 5.32 Å². The molecule has 2 N–H and O–H groups in total. The average Bonchev–Trinajstić information content (AvgIpc) is 2.54. The molecule has 0 spiro atoms. The zero-order valence-electron chi connectivity index (χ0n) is 14.0. The minimum absolute atomic E-state index is 0.168. The molecule has 0 aliphatic heterocycles. The van der Waals surface area contributed by atoms with Crippen LogP contribution in [0.3, 0.4) is 0 Å². The van der Waals surface area contributed by atoms with Gasteiger partial charge in [-0.05, 0) is 57.2 Å². The summed E-state index contributed by atoms with van der Waals surface area (Å²) in [4.78, 5) is 0. The van der Waals surface area contributed by atoms with Gasteiger partial charge >= 0.3 is 0 Å². The first-order valence-electron chi connectivity index (χ1n) is 8.07. The quantitative estimate of drug-likeness (QED) is 0.646. The molecule has 3 heteroatoms. The first-order chi connectivity index (χ1) is 10.1. The van der Waals surface area contributed by atoms with E-state index in [9.17, 15) is 5.11 Å². The maximum Gasteiger partial charge on any atom is 0.122 e. The first-order valence-corrected chi connectivity index (χ1v) is 8.07. The molecule has 1 aromatic carbocycles. The minimum atomic E-state index is -0.172. The Balaban J connectivity index is 2.40. The summed E-state index contributed by atoms with van der Waals surface area (Å²) in [5, 5.41) is 12.5. The van der Waals surface area contributed by atoms with E-state index in [1.54, 1.807) is 0 Å². The number of unbranched alkanes of at least 4 members (excludes halogenated alkanes) is 1. The Morgan fingerprint density at radius 2 is 2.00 bits per heavy atom. The normalized spacial score (nSPS) is 15.5. The number of likely N-dealkylation sites (N-methyl/N-ethyl adjacent to an activating group) is 1. The van der Waals surface area contributed by atoms with Crippen molar-refractivity contribution >= 4 is 0 Å². The van der Waals surface area contributed by atoms with Crippen LogP contribution in [0.5, 0.6) is 5.75 Å². The van der Waals surface area contributed by atoms with Gasteiger partial charge in [0.25, 0.3) is 0 Å². The van der Waals surface area contributed by atoms with E-state index in [-0.39, 0.29) is 12.1 Å². The predicted octanol–water partition coefficient (Wildman–Crippen LogP) is 3.72. The number of aliphatic hydroxyl groups excluding tert-OH is 1. The number of aliphatic hydroxyl groups is 1. The highest BCUT2D eigenvalue weighted by Gasteiger charge is 2.19. The summed E-state index contributed by atoms with van der Waals surface area (Å²) in [5.41, 5.74) is 1.13. The van der Waals surface area contributed by atoms with Gasteiger partial charge in [0.1, 0.15) is 5.75 Å². The smallest absolute Gasteiger partial charge is 0.122 e. The van der Waals surface area contributed by atoms with Crippen molar-refractivity contribution in [1.29, 1.82) is 0 Å². The summed E-state index contributed by atoms with van der Waals surface area (Å²) in [5.74, 6) is 1.55. The largest absolute Gasteiger partial charge is 0.493 e. The van der Waals surface area contributed by atoms with E-state index in [4.69, 9.17) is 4.74 Å². The van der Waals surface area contributed by atoms with Crippen LogP contribution in [0, 0.1) is 0 Å². The number of benzene rings is 1. The van der Waals surface area contributed by atoms with Crippen LogP contribution in [0.15, 0.2) is 24.3 Å². The second-order valence-electron chi connectivity index (χ2n) is 6.12. The summed E-state index contributed by atoms with van der Waals surface area (Å²) in [6.45, 7) is 7.39. The van der Waals surface area contributed by atoms with Gasteiger partial charge in [0.05, 0.1) is 13.2 Å². The fourth-order valence-corrected chi connectivity index (χ4v) is 2.32. The van der Waals surface area contributed by atoms with Crippen LogP contribution in [-0.4, -0.2) is 30.9 Å². The second-order valence-corrected chi connectivity index (χ2v) is 6.12. The molecule has 3 nitrogen and oxygen atoms in total. The lowest BCUT2D eigenvalue weighted by atomic mass is 9.96. The van der Waals surface area contributed by atoms with Crippen molar-refractivity contribution in [2.75, 3.05) is 20.3 Å². The van der Waals surface area contributed by atoms with Crippen LogP contribution in [0.2, 0.25) is 0 Å². The molecule has 2 atom stereocenters.